The molecule has 0 aliphatic rings. The number of hydrogen-bond donors (Lipinski definition) is 2. The summed E-state index contributed by atoms with van der Waals surface area (Å²) in [6, 6.07) is 16.3. The van der Waals surface area contributed by atoms with Gasteiger partial charge in [0.05, 0.1) is 0 Å². The number of fused-ring (bicyclic) bond motifs is 1. The molecule has 2 N–H and O–H groups in total. The fourth-order valence-corrected chi connectivity index (χ4v) is 1.99. The Morgan fingerprint density at radius 1 is 0.900 bits per heavy atom. The summed E-state index contributed by atoms with van der Waals surface area (Å²) in [6.45, 7) is 0. The lowest BCUT2D eigenvalue weighted by molar-refractivity contribution is 0.426. The SMILES string of the molecule is OB(O)c1ccc2cc(Oc3ccccn3)ccc2c1. The van der Waals surface area contributed by atoms with Crippen LogP contribution in [0.25, 0.3) is 10.8 Å². The van der Waals surface area contributed by atoms with E-state index < -0.39 is 7.12 Å². The second kappa shape index (κ2) is 5.32. The van der Waals surface area contributed by atoms with Crippen molar-refractivity contribution in [3.63, 3.8) is 0 Å². The second-order valence-electron chi connectivity index (χ2n) is 4.41. The van der Waals surface area contributed by atoms with E-state index in [2.05, 4.69) is 4.98 Å². The summed E-state index contributed by atoms with van der Waals surface area (Å²) in [7, 11) is -1.45. The summed E-state index contributed by atoms with van der Waals surface area (Å²) in [5.41, 5.74) is 0.468. The molecule has 20 heavy (non-hydrogen) atoms. The van der Waals surface area contributed by atoms with Gasteiger partial charge in [-0.1, -0.05) is 30.3 Å². The average Bonchev–Trinajstić information content (AvgIpc) is 2.47. The predicted molar refractivity (Wildman–Crippen MR) is 78.1 cm³/mol. The Morgan fingerprint density at radius 2 is 1.70 bits per heavy atom. The third kappa shape index (κ3) is 2.64. The normalized spacial score (nSPS) is 10.5. The van der Waals surface area contributed by atoms with Crippen molar-refractivity contribution < 1.29 is 14.8 Å². The van der Waals surface area contributed by atoms with E-state index in [0.717, 1.165) is 10.8 Å². The first-order valence-corrected chi connectivity index (χ1v) is 6.21. The van der Waals surface area contributed by atoms with Crippen molar-refractivity contribution in [2.75, 3.05) is 0 Å². The minimum atomic E-state index is -1.45. The molecule has 2 aromatic carbocycles. The zero-order chi connectivity index (χ0) is 13.9. The third-order valence-corrected chi connectivity index (χ3v) is 2.99. The summed E-state index contributed by atoms with van der Waals surface area (Å²) in [5.74, 6) is 1.22. The molecule has 4 nitrogen and oxygen atoms in total. The first-order valence-electron chi connectivity index (χ1n) is 6.21. The molecule has 0 saturated carbocycles. The molecule has 0 aliphatic heterocycles. The molecule has 98 valence electrons. The van der Waals surface area contributed by atoms with Crippen molar-refractivity contribution in [1.82, 2.24) is 4.98 Å². The number of rotatable bonds is 3. The van der Waals surface area contributed by atoms with Gasteiger partial charge in [0.2, 0.25) is 5.88 Å². The molecular weight excluding hydrogens is 253 g/mol. The van der Waals surface area contributed by atoms with Gasteiger partial charge < -0.3 is 14.8 Å². The van der Waals surface area contributed by atoms with Crippen LogP contribution in [0.5, 0.6) is 11.6 Å². The largest absolute Gasteiger partial charge is 0.488 e. The standard InChI is InChI=1S/C15H12BNO3/c18-16(19)13-6-4-12-10-14(7-5-11(12)9-13)20-15-3-1-2-8-17-15/h1-10,18-19H. The highest BCUT2D eigenvalue weighted by Gasteiger charge is 2.11. The fourth-order valence-electron chi connectivity index (χ4n) is 1.99. The second-order valence-corrected chi connectivity index (χ2v) is 4.41. The third-order valence-electron chi connectivity index (χ3n) is 2.99. The minimum absolute atomic E-state index is 0.468. The molecule has 0 spiro atoms. The van der Waals surface area contributed by atoms with Gasteiger partial charge in [-0.25, -0.2) is 4.98 Å². The zero-order valence-electron chi connectivity index (χ0n) is 10.6. The van der Waals surface area contributed by atoms with E-state index in [1.165, 1.54) is 0 Å². The molecule has 0 aliphatic carbocycles. The van der Waals surface area contributed by atoms with E-state index in [1.807, 2.05) is 36.4 Å². The average molecular weight is 265 g/mol. The Morgan fingerprint density at radius 3 is 2.45 bits per heavy atom. The van der Waals surface area contributed by atoms with Crippen molar-refractivity contribution >= 4 is 23.4 Å². The molecule has 1 aromatic heterocycles. The van der Waals surface area contributed by atoms with Crippen LogP contribution in [0.1, 0.15) is 0 Å². The molecule has 0 bridgehead atoms. The molecule has 0 saturated heterocycles. The van der Waals surface area contributed by atoms with Crippen molar-refractivity contribution in [3.05, 3.63) is 60.8 Å². The summed E-state index contributed by atoms with van der Waals surface area (Å²) < 4.78 is 5.65. The van der Waals surface area contributed by atoms with Crippen LogP contribution in [-0.4, -0.2) is 22.2 Å². The fraction of sp³-hybridized carbons (Fsp3) is 0. The zero-order valence-corrected chi connectivity index (χ0v) is 10.6. The Labute approximate surface area is 116 Å². The van der Waals surface area contributed by atoms with E-state index in [-0.39, 0.29) is 0 Å². The minimum Gasteiger partial charge on any atom is -0.439 e. The van der Waals surface area contributed by atoms with Crippen LogP contribution in [-0.2, 0) is 0 Å². The van der Waals surface area contributed by atoms with Gasteiger partial charge >= 0.3 is 7.12 Å². The highest BCUT2D eigenvalue weighted by atomic mass is 16.5. The van der Waals surface area contributed by atoms with Crippen molar-refractivity contribution in [1.29, 1.82) is 0 Å². The Hall–Kier alpha value is -2.37. The first kappa shape index (κ1) is 12.7. The Balaban J connectivity index is 1.93. The maximum Gasteiger partial charge on any atom is 0.488 e. The maximum atomic E-state index is 9.16. The van der Waals surface area contributed by atoms with Crippen LogP contribution < -0.4 is 10.2 Å². The molecule has 0 fully saturated rings. The van der Waals surface area contributed by atoms with Crippen LogP contribution >= 0.6 is 0 Å². The van der Waals surface area contributed by atoms with Gasteiger partial charge in [-0.05, 0) is 34.4 Å². The molecule has 1 heterocycles. The Kier molecular flexibility index (Phi) is 3.37. The van der Waals surface area contributed by atoms with Gasteiger partial charge in [-0.3, -0.25) is 0 Å². The molecule has 0 atom stereocenters. The van der Waals surface area contributed by atoms with E-state index in [4.69, 9.17) is 14.8 Å². The smallest absolute Gasteiger partial charge is 0.439 e. The lowest BCUT2D eigenvalue weighted by Gasteiger charge is -2.07. The van der Waals surface area contributed by atoms with Crippen LogP contribution in [0.2, 0.25) is 0 Å². The molecular formula is C15H12BNO3. The summed E-state index contributed by atoms with van der Waals surface area (Å²) in [4.78, 5) is 4.10. The number of aromatic nitrogens is 1. The summed E-state index contributed by atoms with van der Waals surface area (Å²) in [6.07, 6.45) is 1.67. The van der Waals surface area contributed by atoms with Crippen molar-refractivity contribution in [3.8, 4) is 11.6 Å². The van der Waals surface area contributed by atoms with Crippen LogP contribution in [0.4, 0.5) is 0 Å². The van der Waals surface area contributed by atoms with Gasteiger partial charge in [0.25, 0.3) is 0 Å². The lowest BCUT2D eigenvalue weighted by Crippen LogP contribution is -2.29. The van der Waals surface area contributed by atoms with Crippen molar-refractivity contribution in [2.24, 2.45) is 0 Å². The van der Waals surface area contributed by atoms with Crippen LogP contribution in [0.15, 0.2) is 60.8 Å². The lowest BCUT2D eigenvalue weighted by atomic mass is 9.79. The van der Waals surface area contributed by atoms with Gasteiger partial charge in [-0.2, -0.15) is 0 Å². The van der Waals surface area contributed by atoms with Crippen LogP contribution in [0, 0.1) is 0 Å². The van der Waals surface area contributed by atoms with Crippen molar-refractivity contribution in [2.45, 2.75) is 0 Å². The van der Waals surface area contributed by atoms with E-state index >= 15 is 0 Å². The predicted octanol–water partition coefficient (Wildman–Crippen LogP) is 1.71. The monoisotopic (exact) mass is 265 g/mol. The Bertz CT molecular complexity index is 732. The van der Waals surface area contributed by atoms with Gasteiger partial charge in [0, 0.05) is 12.3 Å². The number of benzene rings is 2. The highest BCUT2D eigenvalue weighted by Crippen LogP contribution is 2.23. The van der Waals surface area contributed by atoms with Gasteiger partial charge in [0.1, 0.15) is 5.75 Å². The number of pyridine rings is 1. The molecule has 3 rings (SSSR count). The molecule has 0 unspecified atom stereocenters. The van der Waals surface area contributed by atoms with Gasteiger partial charge in [0.15, 0.2) is 0 Å². The van der Waals surface area contributed by atoms with E-state index in [1.54, 1.807) is 24.4 Å². The number of hydrogen-bond acceptors (Lipinski definition) is 4. The summed E-state index contributed by atoms with van der Waals surface area (Å²) in [5, 5.41) is 20.2. The maximum absolute atomic E-state index is 9.16. The summed E-state index contributed by atoms with van der Waals surface area (Å²) >= 11 is 0. The van der Waals surface area contributed by atoms with Crippen LogP contribution in [0.3, 0.4) is 0 Å². The van der Waals surface area contributed by atoms with E-state index in [9.17, 15) is 0 Å². The van der Waals surface area contributed by atoms with E-state index in [0.29, 0.717) is 17.1 Å². The molecule has 3 aromatic rings. The molecule has 0 radical (unpaired) electrons. The molecule has 0 amide bonds. The molecule has 5 heteroatoms. The number of ether oxygens (including phenoxy) is 1. The highest BCUT2D eigenvalue weighted by molar-refractivity contribution is 6.58. The van der Waals surface area contributed by atoms with Gasteiger partial charge in [-0.15, -0.1) is 0 Å². The quantitative estimate of drug-likeness (QED) is 0.707. The topological polar surface area (TPSA) is 62.6 Å². The number of nitrogens with zero attached hydrogens (tertiary/aromatic N) is 1. The first-order chi connectivity index (χ1) is 9.72.